The number of nitrogens with one attached hydrogen (secondary N) is 1. The molecular formula is C14H14N2O2S. The molecule has 0 atom stereocenters. The predicted octanol–water partition coefficient (Wildman–Crippen LogP) is 2.23. The molecule has 0 fully saturated rings. The molecule has 3 heterocycles. The predicted molar refractivity (Wildman–Crippen MR) is 74.0 cm³/mol. The second kappa shape index (κ2) is 4.51. The summed E-state index contributed by atoms with van der Waals surface area (Å²) >= 11 is 1.77. The van der Waals surface area contributed by atoms with E-state index in [9.17, 15) is 0 Å². The van der Waals surface area contributed by atoms with Crippen molar-refractivity contribution in [3.8, 4) is 22.1 Å². The van der Waals surface area contributed by atoms with Gasteiger partial charge >= 0.3 is 0 Å². The molecular weight excluding hydrogens is 260 g/mol. The second-order valence-corrected chi connectivity index (χ2v) is 5.76. The third kappa shape index (κ3) is 1.99. The maximum absolute atomic E-state index is 5.63. The van der Waals surface area contributed by atoms with Gasteiger partial charge in [0.2, 0.25) is 0 Å². The topological polar surface area (TPSA) is 43.4 Å². The Morgan fingerprint density at radius 1 is 1.16 bits per heavy atom. The van der Waals surface area contributed by atoms with Crippen LogP contribution in [0.1, 0.15) is 10.6 Å². The van der Waals surface area contributed by atoms with Crippen LogP contribution in [0.15, 0.2) is 18.2 Å². The molecule has 0 saturated carbocycles. The van der Waals surface area contributed by atoms with Gasteiger partial charge in [0.15, 0.2) is 11.5 Å². The highest BCUT2D eigenvalue weighted by Gasteiger charge is 2.18. The lowest BCUT2D eigenvalue weighted by molar-refractivity contribution is 0.171. The third-order valence-electron chi connectivity index (χ3n) is 3.39. The lowest BCUT2D eigenvalue weighted by Gasteiger charge is -2.18. The van der Waals surface area contributed by atoms with E-state index in [1.165, 1.54) is 10.6 Å². The van der Waals surface area contributed by atoms with E-state index in [2.05, 4.69) is 11.4 Å². The summed E-state index contributed by atoms with van der Waals surface area (Å²) in [7, 11) is 0. The summed E-state index contributed by atoms with van der Waals surface area (Å²) in [6.07, 6.45) is 1.02. The quantitative estimate of drug-likeness (QED) is 0.866. The fourth-order valence-corrected chi connectivity index (χ4v) is 3.50. The minimum atomic E-state index is 0.620. The van der Waals surface area contributed by atoms with Gasteiger partial charge in [-0.25, -0.2) is 4.98 Å². The van der Waals surface area contributed by atoms with Crippen molar-refractivity contribution >= 4 is 11.3 Å². The third-order valence-corrected chi connectivity index (χ3v) is 4.54. The Bertz CT molecular complexity index is 600. The van der Waals surface area contributed by atoms with Gasteiger partial charge in [0.05, 0.1) is 5.69 Å². The van der Waals surface area contributed by atoms with Crippen molar-refractivity contribution in [1.29, 1.82) is 0 Å². The van der Waals surface area contributed by atoms with Crippen LogP contribution in [-0.4, -0.2) is 24.7 Å². The summed E-state index contributed by atoms with van der Waals surface area (Å²) < 4.78 is 11.2. The molecule has 4 rings (SSSR count). The lowest BCUT2D eigenvalue weighted by atomic mass is 10.2. The smallest absolute Gasteiger partial charge is 0.162 e. The van der Waals surface area contributed by atoms with Gasteiger partial charge < -0.3 is 14.8 Å². The summed E-state index contributed by atoms with van der Waals surface area (Å²) in [4.78, 5) is 6.11. The van der Waals surface area contributed by atoms with E-state index in [4.69, 9.17) is 14.5 Å². The maximum atomic E-state index is 5.63. The van der Waals surface area contributed by atoms with Crippen LogP contribution in [0.5, 0.6) is 11.5 Å². The van der Waals surface area contributed by atoms with Crippen LogP contribution in [0.3, 0.4) is 0 Å². The number of aromatic nitrogens is 1. The SMILES string of the molecule is c1cc2c(cc1-c1nc3c(s1)CNCC3)OCCO2. The summed E-state index contributed by atoms with van der Waals surface area (Å²) in [6, 6.07) is 6.07. The minimum Gasteiger partial charge on any atom is -0.486 e. The van der Waals surface area contributed by atoms with Crippen LogP contribution < -0.4 is 14.8 Å². The molecule has 0 amide bonds. The first-order valence-corrected chi connectivity index (χ1v) is 7.31. The number of fused-ring (bicyclic) bond motifs is 2. The van der Waals surface area contributed by atoms with E-state index < -0.39 is 0 Å². The first kappa shape index (κ1) is 11.3. The van der Waals surface area contributed by atoms with E-state index >= 15 is 0 Å². The maximum Gasteiger partial charge on any atom is 0.162 e. The second-order valence-electron chi connectivity index (χ2n) is 4.67. The van der Waals surface area contributed by atoms with Gasteiger partial charge in [-0.05, 0) is 18.2 Å². The van der Waals surface area contributed by atoms with Gasteiger partial charge in [-0.3, -0.25) is 0 Å². The summed E-state index contributed by atoms with van der Waals surface area (Å²) in [5.41, 5.74) is 2.36. The average molecular weight is 274 g/mol. The van der Waals surface area contributed by atoms with Crippen molar-refractivity contribution in [1.82, 2.24) is 10.3 Å². The van der Waals surface area contributed by atoms with Crippen LogP contribution in [-0.2, 0) is 13.0 Å². The monoisotopic (exact) mass is 274 g/mol. The van der Waals surface area contributed by atoms with Crippen LogP contribution >= 0.6 is 11.3 Å². The Morgan fingerprint density at radius 3 is 2.95 bits per heavy atom. The molecule has 1 aromatic carbocycles. The number of hydrogen-bond acceptors (Lipinski definition) is 5. The van der Waals surface area contributed by atoms with Gasteiger partial charge in [0.1, 0.15) is 18.2 Å². The number of ether oxygens (including phenoxy) is 2. The van der Waals surface area contributed by atoms with Crippen LogP contribution in [0.2, 0.25) is 0 Å². The van der Waals surface area contributed by atoms with Crippen molar-refractivity contribution in [2.24, 2.45) is 0 Å². The fraction of sp³-hybridized carbons (Fsp3) is 0.357. The molecule has 0 unspecified atom stereocenters. The summed E-state index contributed by atoms with van der Waals surface area (Å²) in [5, 5.41) is 4.46. The Morgan fingerprint density at radius 2 is 2.05 bits per heavy atom. The normalized spacial score (nSPS) is 17.1. The Hall–Kier alpha value is -1.59. The minimum absolute atomic E-state index is 0.620. The molecule has 19 heavy (non-hydrogen) atoms. The zero-order valence-electron chi connectivity index (χ0n) is 10.4. The van der Waals surface area contributed by atoms with Crippen molar-refractivity contribution in [2.45, 2.75) is 13.0 Å². The van der Waals surface area contributed by atoms with Crippen molar-refractivity contribution in [3.05, 3.63) is 28.8 Å². The molecule has 4 nitrogen and oxygen atoms in total. The number of benzene rings is 1. The van der Waals surface area contributed by atoms with Gasteiger partial charge in [-0.2, -0.15) is 0 Å². The number of thiazole rings is 1. The largest absolute Gasteiger partial charge is 0.486 e. The average Bonchev–Trinajstić information content (AvgIpc) is 2.90. The van der Waals surface area contributed by atoms with Crippen LogP contribution in [0, 0.1) is 0 Å². The molecule has 2 aliphatic heterocycles. The first-order chi connectivity index (χ1) is 9.40. The highest BCUT2D eigenvalue weighted by molar-refractivity contribution is 7.15. The number of hydrogen-bond donors (Lipinski definition) is 1. The highest BCUT2D eigenvalue weighted by atomic mass is 32.1. The molecule has 98 valence electrons. The van der Waals surface area contributed by atoms with E-state index in [-0.39, 0.29) is 0 Å². The zero-order valence-corrected chi connectivity index (χ0v) is 11.3. The lowest BCUT2D eigenvalue weighted by Crippen LogP contribution is -2.22. The van der Waals surface area contributed by atoms with Crippen LogP contribution in [0.25, 0.3) is 10.6 Å². The highest BCUT2D eigenvalue weighted by Crippen LogP contribution is 2.37. The van der Waals surface area contributed by atoms with Crippen molar-refractivity contribution in [3.63, 3.8) is 0 Å². The molecule has 2 aromatic rings. The van der Waals surface area contributed by atoms with Gasteiger partial charge in [0, 0.05) is 30.0 Å². The Kier molecular flexibility index (Phi) is 2.67. The van der Waals surface area contributed by atoms with E-state index in [0.29, 0.717) is 13.2 Å². The molecule has 0 bridgehead atoms. The van der Waals surface area contributed by atoms with E-state index in [1.807, 2.05) is 12.1 Å². The summed E-state index contributed by atoms with van der Waals surface area (Å²) in [6.45, 7) is 3.22. The standard InChI is InChI=1S/C14H14N2O2S/c1-2-11-12(18-6-5-17-11)7-9(1)14-16-10-3-4-15-8-13(10)19-14/h1-2,7,15H,3-6,8H2. The van der Waals surface area contributed by atoms with Gasteiger partial charge in [-0.15, -0.1) is 11.3 Å². The Balaban J connectivity index is 1.73. The summed E-state index contributed by atoms with van der Waals surface area (Å²) in [5.74, 6) is 1.66. The van der Waals surface area contributed by atoms with Crippen LogP contribution in [0.4, 0.5) is 0 Å². The molecule has 2 aliphatic rings. The molecule has 1 N–H and O–H groups in total. The Labute approximate surface area is 115 Å². The zero-order chi connectivity index (χ0) is 12.7. The molecule has 0 radical (unpaired) electrons. The first-order valence-electron chi connectivity index (χ1n) is 6.49. The van der Waals surface area contributed by atoms with Crippen molar-refractivity contribution in [2.75, 3.05) is 19.8 Å². The fourth-order valence-electron chi connectivity index (χ4n) is 2.43. The number of rotatable bonds is 1. The molecule has 0 saturated heterocycles. The van der Waals surface area contributed by atoms with E-state index in [0.717, 1.165) is 41.6 Å². The molecule has 0 spiro atoms. The van der Waals surface area contributed by atoms with Gasteiger partial charge in [-0.1, -0.05) is 0 Å². The van der Waals surface area contributed by atoms with Crippen molar-refractivity contribution < 1.29 is 9.47 Å². The molecule has 1 aromatic heterocycles. The molecule has 5 heteroatoms. The molecule has 0 aliphatic carbocycles. The number of nitrogens with zero attached hydrogens (tertiary/aromatic N) is 1. The van der Waals surface area contributed by atoms with E-state index in [1.54, 1.807) is 11.3 Å². The van der Waals surface area contributed by atoms with Gasteiger partial charge in [0.25, 0.3) is 0 Å².